The Morgan fingerprint density at radius 2 is 1.05 bits per heavy atom. The third-order valence-electron chi connectivity index (χ3n) is 3.83. The Balaban J connectivity index is 2.13. The van der Waals surface area contributed by atoms with E-state index in [9.17, 15) is 0 Å². The molecular formula is C19H27Bi2N. The summed E-state index contributed by atoms with van der Waals surface area (Å²) in [6.45, 7) is 2.15. The molecule has 0 aromatic heterocycles. The van der Waals surface area contributed by atoms with Crippen LogP contribution in [0, 0.1) is 0 Å². The van der Waals surface area contributed by atoms with E-state index < -0.39 is 43.5 Å². The van der Waals surface area contributed by atoms with Crippen molar-refractivity contribution in [1.29, 1.82) is 0 Å². The molecule has 0 spiro atoms. The van der Waals surface area contributed by atoms with Crippen molar-refractivity contribution in [3.63, 3.8) is 0 Å². The van der Waals surface area contributed by atoms with E-state index in [0.717, 1.165) is 13.1 Å². The van der Waals surface area contributed by atoms with Gasteiger partial charge in [0.1, 0.15) is 0 Å². The van der Waals surface area contributed by atoms with Crippen LogP contribution in [0.1, 0.15) is 11.1 Å². The van der Waals surface area contributed by atoms with Crippen molar-refractivity contribution in [1.82, 2.24) is 4.90 Å². The van der Waals surface area contributed by atoms with Gasteiger partial charge in [-0.3, -0.25) is 0 Å². The van der Waals surface area contributed by atoms with Crippen LogP contribution in [-0.4, -0.2) is 55.4 Å². The number of nitrogens with zero attached hydrogens (tertiary/aromatic N) is 1. The third-order valence-corrected chi connectivity index (χ3v) is 14.7. The first kappa shape index (κ1) is 18.5. The zero-order valence-electron chi connectivity index (χ0n) is 14.4. The molecule has 0 bridgehead atoms. The van der Waals surface area contributed by atoms with Crippen molar-refractivity contribution in [3.05, 3.63) is 59.7 Å². The maximum absolute atomic E-state index is 2.48. The molecule has 118 valence electrons. The van der Waals surface area contributed by atoms with Crippen molar-refractivity contribution in [2.45, 2.75) is 31.6 Å². The van der Waals surface area contributed by atoms with Gasteiger partial charge in [-0.15, -0.1) is 0 Å². The minimum atomic E-state index is -1.38. The van der Waals surface area contributed by atoms with Crippen LogP contribution in [0.2, 0.25) is 18.5 Å². The zero-order valence-corrected chi connectivity index (χ0v) is 21.3. The van der Waals surface area contributed by atoms with Gasteiger partial charge in [-0.05, 0) is 0 Å². The van der Waals surface area contributed by atoms with Crippen LogP contribution in [0.4, 0.5) is 0 Å². The molecule has 22 heavy (non-hydrogen) atoms. The molecule has 0 fully saturated rings. The monoisotopic (exact) mass is 687 g/mol. The molecule has 0 saturated heterocycles. The van der Waals surface area contributed by atoms with Gasteiger partial charge in [-0.1, -0.05) is 0 Å². The Kier molecular flexibility index (Phi) is 7.45. The molecule has 0 amide bonds. The minimum absolute atomic E-state index is 1.07. The topological polar surface area (TPSA) is 3.24 Å². The molecule has 2 aromatic rings. The molecule has 0 aliphatic heterocycles. The van der Waals surface area contributed by atoms with Crippen LogP contribution in [0.15, 0.2) is 48.5 Å². The van der Waals surface area contributed by atoms with Crippen LogP contribution in [0.5, 0.6) is 0 Å². The van der Waals surface area contributed by atoms with E-state index in [1.54, 1.807) is 17.7 Å². The molecule has 3 heteroatoms. The predicted octanol–water partition coefficient (Wildman–Crippen LogP) is 3.24. The molecule has 0 unspecified atom stereocenters. The van der Waals surface area contributed by atoms with Crippen LogP contribution < -0.4 is 6.54 Å². The zero-order chi connectivity index (χ0) is 16.1. The first-order valence-electron chi connectivity index (χ1n) is 7.68. The summed E-state index contributed by atoms with van der Waals surface area (Å²) in [6.07, 6.45) is 0. The fraction of sp³-hybridized carbons (Fsp3) is 0.368. The average molecular weight is 687 g/mol. The summed E-state index contributed by atoms with van der Waals surface area (Å²) < 4.78 is 13.3. The summed E-state index contributed by atoms with van der Waals surface area (Å²) in [5.74, 6) is 0. The molecule has 0 aliphatic carbocycles. The van der Waals surface area contributed by atoms with Gasteiger partial charge in [-0.2, -0.15) is 0 Å². The Morgan fingerprint density at radius 1 is 0.682 bits per heavy atom. The molecule has 0 saturated carbocycles. The first-order chi connectivity index (χ1) is 10.5. The summed E-state index contributed by atoms with van der Waals surface area (Å²) in [5.41, 5.74) is 3.11. The fourth-order valence-corrected chi connectivity index (χ4v) is 11.4. The van der Waals surface area contributed by atoms with Crippen LogP contribution >= 0.6 is 0 Å². The van der Waals surface area contributed by atoms with Gasteiger partial charge in [0.25, 0.3) is 0 Å². The van der Waals surface area contributed by atoms with E-state index in [1.165, 1.54) is 0 Å². The first-order valence-corrected chi connectivity index (χ1v) is 25.1. The van der Waals surface area contributed by atoms with Gasteiger partial charge in [0.05, 0.1) is 0 Å². The van der Waals surface area contributed by atoms with E-state index >= 15 is 0 Å². The Labute approximate surface area is 152 Å². The number of hydrogen-bond acceptors (Lipinski definition) is 1. The molecule has 0 heterocycles. The fourth-order valence-electron chi connectivity index (χ4n) is 2.80. The van der Waals surface area contributed by atoms with Crippen LogP contribution in [0.3, 0.4) is 0 Å². The Hall–Kier alpha value is 0.166. The van der Waals surface area contributed by atoms with Crippen molar-refractivity contribution in [3.8, 4) is 0 Å². The van der Waals surface area contributed by atoms with Crippen molar-refractivity contribution >= 4 is 50.0 Å². The van der Waals surface area contributed by atoms with Gasteiger partial charge in [0, 0.05) is 0 Å². The quantitative estimate of drug-likeness (QED) is 0.422. The summed E-state index contributed by atoms with van der Waals surface area (Å²) >= 11 is -2.76. The number of benzene rings is 2. The second-order valence-electron chi connectivity index (χ2n) is 6.22. The van der Waals surface area contributed by atoms with E-state index in [4.69, 9.17) is 0 Å². The van der Waals surface area contributed by atoms with Crippen LogP contribution in [0.25, 0.3) is 0 Å². The van der Waals surface area contributed by atoms with Gasteiger partial charge >= 0.3 is 153 Å². The molecule has 1 nitrogen and oxygen atoms in total. The van der Waals surface area contributed by atoms with E-state index in [0.29, 0.717) is 0 Å². The molecule has 2 rings (SSSR count). The molecule has 0 N–H and O–H groups in total. The second-order valence-corrected chi connectivity index (χ2v) is 23.9. The second kappa shape index (κ2) is 8.86. The maximum atomic E-state index is 2.48. The Bertz CT molecular complexity index is 554. The average Bonchev–Trinajstić information content (AvgIpc) is 2.47. The molecule has 0 aliphatic rings. The SMILES string of the molecule is CN(Cc1cccc[c]1[Bi]([CH3])[CH3])Cc1cccc[c]1[Bi]([CH3])[CH3]. The summed E-state index contributed by atoms with van der Waals surface area (Å²) in [4.78, 5) is 2.48. The van der Waals surface area contributed by atoms with Crippen molar-refractivity contribution in [2.24, 2.45) is 0 Å². The summed E-state index contributed by atoms with van der Waals surface area (Å²) in [6, 6.07) is 18.2. The normalized spacial score (nSPS) is 11.6. The van der Waals surface area contributed by atoms with Crippen molar-refractivity contribution < 1.29 is 0 Å². The van der Waals surface area contributed by atoms with Gasteiger partial charge in [0.15, 0.2) is 0 Å². The molecule has 0 atom stereocenters. The molecule has 0 radical (unpaired) electrons. The summed E-state index contributed by atoms with van der Waals surface area (Å²) in [7, 11) is 2.26. The van der Waals surface area contributed by atoms with Gasteiger partial charge in [0.2, 0.25) is 0 Å². The number of hydrogen-bond donors (Lipinski definition) is 0. The van der Waals surface area contributed by atoms with Gasteiger partial charge in [-0.25, -0.2) is 0 Å². The standard InChI is InChI=1S/C15H15N.4CH3.2Bi/c1-16(12-14-8-4-2-5-9-14)13-15-10-6-3-7-11-15;;;;;;/h2-8,10H,12-13H2,1H3;4*1H3;;. The van der Waals surface area contributed by atoms with Gasteiger partial charge < -0.3 is 0 Å². The molecular weight excluding hydrogens is 660 g/mol. The van der Waals surface area contributed by atoms with E-state index in [1.807, 2.05) is 0 Å². The van der Waals surface area contributed by atoms with E-state index in [-0.39, 0.29) is 0 Å². The number of rotatable bonds is 6. The molecule has 2 aromatic carbocycles. The van der Waals surface area contributed by atoms with Crippen LogP contribution in [-0.2, 0) is 13.1 Å². The predicted molar refractivity (Wildman–Crippen MR) is 102 cm³/mol. The van der Waals surface area contributed by atoms with Crippen molar-refractivity contribution in [2.75, 3.05) is 7.05 Å². The Morgan fingerprint density at radius 3 is 1.41 bits per heavy atom. The third kappa shape index (κ3) is 5.09. The van der Waals surface area contributed by atoms with E-state index in [2.05, 4.69) is 79.0 Å². The summed E-state index contributed by atoms with van der Waals surface area (Å²) in [5, 5.41) is 0.